The molecule has 0 radical (unpaired) electrons. The summed E-state index contributed by atoms with van der Waals surface area (Å²) in [5.41, 5.74) is 0.526. The number of aliphatic hydroxyl groups is 1. The molecule has 1 aromatic carbocycles. The Morgan fingerprint density at radius 1 is 1.26 bits per heavy atom. The molecule has 1 atom stereocenters. The first-order valence-corrected chi connectivity index (χ1v) is 11.2. The maximum Gasteiger partial charge on any atom is 0.243 e. The molecule has 2 N–H and O–H groups in total. The van der Waals surface area contributed by atoms with Gasteiger partial charge in [0.25, 0.3) is 0 Å². The summed E-state index contributed by atoms with van der Waals surface area (Å²) < 4.78 is 27.5. The molecule has 7 nitrogen and oxygen atoms in total. The van der Waals surface area contributed by atoms with E-state index in [4.69, 9.17) is 0 Å². The first-order chi connectivity index (χ1) is 13.0. The number of piperazine rings is 1. The zero-order chi connectivity index (χ0) is 19.4. The fraction of sp³-hybridized carbons (Fsp3) is 0.632. The summed E-state index contributed by atoms with van der Waals surface area (Å²) in [6.07, 6.45) is 3.72. The molecule has 0 unspecified atom stereocenters. The smallest absolute Gasteiger partial charge is 0.243 e. The summed E-state index contributed by atoms with van der Waals surface area (Å²) in [6.45, 7) is 4.13. The van der Waals surface area contributed by atoms with Crippen LogP contribution in [-0.2, 0) is 14.8 Å². The molecule has 0 aromatic heterocycles. The van der Waals surface area contributed by atoms with Gasteiger partial charge in [-0.15, -0.1) is 0 Å². The number of hydrogen-bond acceptors (Lipinski definition) is 5. The zero-order valence-corrected chi connectivity index (χ0v) is 16.6. The van der Waals surface area contributed by atoms with Gasteiger partial charge in [-0.2, -0.15) is 4.31 Å². The van der Waals surface area contributed by atoms with Gasteiger partial charge in [-0.05, 0) is 37.5 Å². The lowest BCUT2D eigenvalue weighted by Crippen LogP contribution is -2.52. The maximum absolute atomic E-state index is 13.0. The molecular weight excluding hydrogens is 366 g/mol. The molecule has 1 saturated carbocycles. The van der Waals surface area contributed by atoms with Crippen LogP contribution in [0.2, 0.25) is 0 Å². The third kappa shape index (κ3) is 4.51. The van der Waals surface area contributed by atoms with Crippen molar-refractivity contribution < 1.29 is 18.3 Å². The van der Waals surface area contributed by atoms with E-state index in [1.807, 2.05) is 6.92 Å². The van der Waals surface area contributed by atoms with Crippen molar-refractivity contribution in [3.05, 3.63) is 24.3 Å². The highest BCUT2D eigenvalue weighted by Gasteiger charge is 2.31. The van der Waals surface area contributed by atoms with E-state index < -0.39 is 10.0 Å². The second-order valence-corrected chi connectivity index (χ2v) is 9.27. The highest BCUT2D eigenvalue weighted by molar-refractivity contribution is 7.89. The Labute approximate surface area is 161 Å². The van der Waals surface area contributed by atoms with Gasteiger partial charge in [-0.3, -0.25) is 9.69 Å². The topological polar surface area (TPSA) is 89.9 Å². The van der Waals surface area contributed by atoms with Crippen molar-refractivity contribution in [2.24, 2.45) is 5.92 Å². The van der Waals surface area contributed by atoms with Crippen LogP contribution in [0.5, 0.6) is 0 Å². The van der Waals surface area contributed by atoms with Crippen LogP contribution in [-0.4, -0.2) is 67.5 Å². The molecule has 150 valence electrons. The molecule has 2 aliphatic rings. The Hall–Kier alpha value is -1.48. The van der Waals surface area contributed by atoms with E-state index in [0.717, 1.165) is 25.7 Å². The number of carbonyl (C=O) groups is 1. The standard InChI is InChI=1S/C19H29N3O4S/c1-2-17(14-23)21-9-11-22(12-10-21)27(25,26)18-8-4-7-16(13-18)20-19(24)15-5-3-6-15/h4,7-8,13,15,17,23H,2-3,5-6,9-12,14H2,1H3,(H,20,24)/t17-/m1/s1. The van der Waals surface area contributed by atoms with Gasteiger partial charge in [0.2, 0.25) is 15.9 Å². The normalized spacial score (nSPS) is 20.8. The molecule has 1 saturated heterocycles. The molecule has 1 amide bonds. The Balaban J connectivity index is 1.66. The largest absolute Gasteiger partial charge is 0.395 e. The van der Waals surface area contributed by atoms with Gasteiger partial charge in [0.05, 0.1) is 11.5 Å². The lowest BCUT2D eigenvalue weighted by Gasteiger charge is -2.37. The van der Waals surface area contributed by atoms with E-state index in [0.29, 0.717) is 31.9 Å². The summed E-state index contributed by atoms with van der Waals surface area (Å²) in [5.74, 6) is 0.0235. The highest BCUT2D eigenvalue weighted by Crippen LogP contribution is 2.28. The van der Waals surface area contributed by atoms with Crippen molar-refractivity contribution in [2.75, 3.05) is 38.1 Å². The van der Waals surface area contributed by atoms with Crippen molar-refractivity contribution in [3.63, 3.8) is 0 Å². The first-order valence-electron chi connectivity index (χ1n) is 9.71. The molecule has 1 aliphatic carbocycles. The molecule has 27 heavy (non-hydrogen) atoms. The lowest BCUT2D eigenvalue weighted by molar-refractivity contribution is -0.122. The molecule has 8 heteroatoms. The third-order valence-electron chi connectivity index (χ3n) is 5.69. The van der Waals surface area contributed by atoms with Gasteiger partial charge in [0, 0.05) is 43.8 Å². The Kier molecular flexibility index (Phi) is 6.52. The number of anilines is 1. The number of hydrogen-bond donors (Lipinski definition) is 2. The van der Waals surface area contributed by atoms with Crippen LogP contribution in [0.15, 0.2) is 29.2 Å². The van der Waals surface area contributed by atoms with Crippen molar-refractivity contribution in [2.45, 2.75) is 43.5 Å². The second kappa shape index (κ2) is 8.68. The molecule has 2 fully saturated rings. The van der Waals surface area contributed by atoms with Gasteiger partial charge in [0.1, 0.15) is 0 Å². The predicted octanol–water partition coefficient (Wildman–Crippen LogP) is 1.50. The van der Waals surface area contributed by atoms with Crippen LogP contribution in [0.1, 0.15) is 32.6 Å². The number of aliphatic hydroxyl groups excluding tert-OH is 1. The summed E-state index contributed by atoms with van der Waals surface area (Å²) in [4.78, 5) is 14.5. The summed E-state index contributed by atoms with van der Waals surface area (Å²) in [6, 6.07) is 6.59. The number of amides is 1. The van der Waals surface area contributed by atoms with E-state index in [2.05, 4.69) is 10.2 Å². The number of nitrogens with one attached hydrogen (secondary N) is 1. The van der Waals surface area contributed by atoms with Crippen molar-refractivity contribution in [3.8, 4) is 0 Å². The Morgan fingerprint density at radius 2 is 1.96 bits per heavy atom. The number of sulfonamides is 1. The van der Waals surface area contributed by atoms with Gasteiger partial charge >= 0.3 is 0 Å². The van der Waals surface area contributed by atoms with Gasteiger partial charge in [-0.1, -0.05) is 19.4 Å². The minimum absolute atomic E-state index is 0.0287. The van der Waals surface area contributed by atoms with Crippen LogP contribution >= 0.6 is 0 Å². The zero-order valence-electron chi connectivity index (χ0n) is 15.8. The van der Waals surface area contributed by atoms with E-state index >= 15 is 0 Å². The molecule has 1 aliphatic heterocycles. The molecule has 1 aromatic rings. The third-order valence-corrected chi connectivity index (χ3v) is 7.58. The van der Waals surface area contributed by atoms with Crippen molar-refractivity contribution >= 4 is 21.6 Å². The number of rotatable bonds is 7. The van der Waals surface area contributed by atoms with Crippen LogP contribution in [0.25, 0.3) is 0 Å². The molecule has 3 rings (SSSR count). The van der Waals surface area contributed by atoms with Crippen molar-refractivity contribution in [1.82, 2.24) is 9.21 Å². The Bertz CT molecular complexity index is 752. The van der Waals surface area contributed by atoms with Crippen molar-refractivity contribution in [1.29, 1.82) is 0 Å². The van der Waals surface area contributed by atoms with Crippen LogP contribution in [0.4, 0.5) is 5.69 Å². The molecular formula is C19H29N3O4S. The van der Waals surface area contributed by atoms with E-state index in [9.17, 15) is 18.3 Å². The van der Waals surface area contributed by atoms with Gasteiger partial charge in [0.15, 0.2) is 0 Å². The molecule has 0 bridgehead atoms. The predicted molar refractivity (Wildman–Crippen MR) is 104 cm³/mol. The number of benzene rings is 1. The minimum Gasteiger partial charge on any atom is -0.395 e. The van der Waals surface area contributed by atoms with E-state index in [1.54, 1.807) is 24.3 Å². The fourth-order valence-corrected chi connectivity index (χ4v) is 5.08. The lowest BCUT2D eigenvalue weighted by atomic mass is 9.85. The van der Waals surface area contributed by atoms with Crippen LogP contribution in [0, 0.1) is 5.92 Å². The second-order valence-electron chi connectivity index (χ2n) is 7.33. The molecule has 0 spiro atoms. The van der Waals surface area contributed by atoms with Crippen LogP contribution in [0.3, 0.4) is 0 Å². The minimum atomic E-state index is -3.60. The van der Waals surface area contributed by atoms with E-state index in [-0.39, 0.29) is 29.4 Å². The average molecular weight is 396 g/mol. The average Bonchev–Trinajstić information content (AvgIpc) is 2.62. The highest BCUT2D eigenvalue weighted by atomic mass is 32.2. The Morgan fingerprint density at radius 3 is 2.52 bits per heavy atom. The summed E-state index contributed by atoms with van der Waals surface area (Å²) in [5, 5.41) is 12.3. The quantitative estimate of drug-likeness (QED) is 0.730. The molecule has 1 heterocycles. The first kappa shape index (κ1) is 20.3. The number of carbonyl (C=O) groups excluding carboxylic acids is 1. The van der Waals surface area contributed by atoms with Gasteiger partial charge in [-0.25, -0.2) is 8.42 Å². The summed E-state index contributed by atoms with van der Waals surface area (Å²) >= 11 is 0. The maximum atomic E-state index is 13.0. The SMILES string of the molecule is CC[C@H](CO)N1CCN(S(=O)(=O)c2cccc(NC(=O)C3CCC3)c2)CC1. The van der Waals surface area contributed by atoms with E-state index in [1.165, 1.54) is 4.31 Å². The monoisotopic (exact) mass is 395 g/mol. The summed E-state index contributed by atoms with van der Waals surface area (Å²) in [7, 11) is -3.60. The van der Waals surface area contributed by atoms with Crippen LogP contribution < -0.4 is 5.32 Å². The van der Waals surface area contributed by atoms with Gasteiger partial charge < -0.3 is 10.4 Å². The fourth-order valence-electron chi connectivity index (χ4n) is 3.61. The number of nitrogens with zero attached hydrogens (tertiary/aromatic N) is 2.